The fraction of sp³-hybridized carbons (Fsp3) is 0.643. The van der Waals surface area contributed by atoms with Gasteiger partial charge in [-0.05, 0) is 32.6 Å². The quantitative estimate of drug-likeness (QED) is 0.595. The van der Waals surface area contributed by atoms with E-state index in [2.05, 4.69) is 10.3 Å². The number of rotatable bonds is 7. The summed E-state index contributed by atoms with van der Waals surface area (Å²) < 4.78 is 29.6. The summed E-state index contributed by atoms with van der Waals surface area (Å²) in [5, 5.41) is 13.7. The lowest BCUT2D eigenvalue weighted by Crippen LogP contribution is -2.38. The third-order valence-corrected chi connectivity index (χ3v) is 8.17. The van der Waals surface area contributed by atoms with Gasteiger partial charge in [0.25, 0.3) is 5.69 Å². The van der Waals surface area contributed by atoms with E-state index in [0.29, 0.717) is 25.7 Å². The molecule has 1 aromatic heterocycles. The predicted octanol–water partition coefficient (Wildman–Crippen LogP) is 1.91. The van der Waals surface area contributed by atoms with Gasteiger partial charge in [-0.15, -0.1) is 0 Å². The van der Waals surface area contributed by atoms with Crippen molar-refractivity contribution in [2.75, 3.05) is 19.0 Å². The van der Waals surface area contributed by atoms with E-state index in [1.165, 1.54) is 19.3 Å². The molecule has 2 fully saturated rings. The molecular formula is C14H19N3O5S. The fourth-order valence-electron chi connectivity index (χ4n) is 2.73. The second-order valence-electron chi connectivity index (χ2n) is 6.44. The molecular weight excluding hydrogens is 322 g/mol. The normalized spacial score (nSPS) is 20.6. The molecule has 0 unspecified atom stereocenters. The maximum atomic E-state index is 12.7. The van der Waals surface area contributed by atoms with Crippen LogP contribution in [0, 0.1) is 10.1 Å². The first-order valence-corrected chi connectivity index (χ1v) is 8.93. The minimum absolute atomic E-state index is 0.0201. The van der Waals surface area contributed by atoms with Crippen molar-refractivity contribution in [3.63, 3.8) is 0 Å². The molecule has 0 aromatic carbocycles. The Morgan fingerprint density at radius 1 is 1.39 bits per heavy atom. The topological polar surface area (TPSA) is 111 Å². The van der Waals surface area contributed by atoms with Gasteiger partial charge in [-0.1, -0.05) is 0 Å². The average molecular weight is 341 g/mol. The van der Waals surface area contributed by atoms with Crippen LogP contribution in [0.2, 0.25) is 0 Å². The van der Waals surface area contributed by atoms with Crippen molar-refractivity contribution in [1.29, 1.82) is 0 Å². The Bertz CT molecular complexity index is 754. The van der Waals surface area contributed by atoms with Crippen LogP contribution < -0.4 is 10.1 Å². The lowest BCUT2D eigenvalue weighted by atomic mass is 10.3. The molecule has 0 amide bonds. The van der Waals surface area contributed by atoms with Crippen LogP contribution in [0.3, 0.4) is 0 Å². The molecule has 0 radical (unpaired) electrons. The second kappa shape index (κ2) is 5.05. The summed E-state index contributed by atoms with van der Waals surface area (Å²) in [6.45, 7) is 1.75. The lowest BCUT2D eigenvalue weighted by molar-refractivity contribution is -0.384. The van der Waals surface area contributed by atoms with Gasteiger partial charge in [0, 0.05) is 19.3 Å². The molecule has 126 valence electrons. The summed E-state index contributed by atoms with van der Waals surface area (Å²) in [6.07, 6.45) is 3.79. The molecule has 0 saturated heterocycles. The third-order valence-electron chi connectivity index (χ3n) is 4.79. The highest BCUT2D eigenvalue weighted by Crippen LogP contribution is 2.56. The highest BCUT2D eigenvalue weighted by molar-refractivity contribution is 7.94. The lowest BCUT2D eigenvalue weighted by Gasteiger charge is -2.21. The Kier molecular flexibility index (Phi) is 3.51. The van der Waals surface area contributed by atoms with Crippen molar-refractivity contribution in [2.45, 2.75) is 42.1 Å². The Morgan fingerprint density at radius 3 is 2.52 bits per heavy atom. The van der Waals surface area contributed by atoms with Gasteiger partial charge in [0.1, 0.15) is 11.4 Å². The van der Waals surface area contributed by atoms with Crippen LogP contribution in [0.5, 0.6) is 5.88 Å². The first kappa shape index (κ1) is 16.0. The van der Waals surface area contributed by atoms with Crippen LogP contribution in [-0.4, -0.2) is 41.5 Å². The number of ether oxygens (including phenoxy) is 1. The van der Waals surface area contributed by atoms with Crippen LogP contribution in [0.1, 0.15) is 32.6 Å². The number of anilines is 1. The van der Waals surface area contributed by atoms with Crippen LogP contribution in [-0.2, 0) is 9.84 Å². The molecule has 23 heavy (non-hydrogen) atoms. The molecule has 0 spiro atoms. The molecule has 9 heteroatoms. The van der Waals surface area contributed by atoms with E-state index in [0.717, 1.165) is 0 Å². The zero-order chi connectivity index (χ0) is 16.9. The standard InChI is InChI=1S/C14H19N3O5S/c1-13(4-5-13)23(20,21)14(6-7-14)9-22-12-11(15-2)10(17(18)19)3-8-16-12/h3,8,15H,4-7,9H2,1-2H3. The second-order valence-corrected chi connectivity index (χ2v) is 9.30. The van der Waals surface area contributed by atoms with E-state index in [1.54, 1.807) is 6.92 Å². The number of sulfone groups is 1. The molecule has 3 rings (SSSR count). The number of aromatic nitrogens is 1. The Hall–Kier alpha value is -1.90. The molecule has 2 aliphatic rings. The van der Waals surface area contributed by atoms with E-state index >= 15 is 0 Å². The molecule has 8 nitrogen and oxygen atoms in total. The van der Waals surface area contributed by atoms with Gasteiger partial charge in [0.05, 0.1) is 9.67 Å². The van der Waals surface area contributed by atoms with E-state index < -0.39 is 24.3 Å². The molecule has 0 aliphatic heterocycles. The maximum absolute atomic E-state index is 12.7. The molecule has 1 aromatic rings. The summed E-state index contributed by atoms with van der Waals surface area (Å²) >= 11 is 0. The molecule has 0 atom stereocenters. The van der Waals surface area contributed by atoms with Crippen molar-refractivity contribution >= 4 is 21.2 Å². The van der Waals surface area contributed by atoms with Gasteiger partial charge in [-0.2, -0.15) is 0 Å². The first-order valence-electron chi connectivity index (χ1n) is 7.44. The molecule has 1 heterocycles. The highest BCUT2D eigenvalue weighted by atomic mass is 32.2. The third kappa shape index (κ3) is 2.43. The highest BCUT2D eigenvalue weighted by Gasteiger charge is 2.65. The predicted molar refractivity (Wildman–Crippen MR) is 84.5 cm³/mol. The van der Waals surface area contributed by atoms with Crippen molar-refractivity contribution in [3.8, 4) is 5.88 Å². The largest absolute Gasteiger partial charge is 0.474 e. The van der Waals surface area contributed by atoms with Crippen molar-refractivity contribution < 1.29 is 18.1 Å². The summed E-state index contributed by atoms with van der Waals surface area (Å²) in [4.78, 5) is 14.5. The van der Waals surface area contributed by atoms with Crippen LogP contribution in [0.15, 0.2) is 12.3 Å². The van der Waals surface area contributed by atoms with Crippen molar-refractivity contribution in [3.05, 3.63) is 22.4 Å². The smallest absolute Gasteiger partial charge is 0.299 e. The Labute approximate surface area is 134 Å². The van der Waals surface area contributed by atoms with Gasteiger partial charge < -0.3 is 10.1 Å². The summed E-state index contributed by atoms with van der Waals surface area (Å²) in [5.74, 6) is 0.0594. The van der Waals surface area contributed by atoms with Crippen molar-refractivity contribution in [1.82, 2.24) is 4.98 Å². The number of nitrogens with zero attached hydrogens (tertiary/aromatic N) is 2. The zero-order valence-corrected chi connectivity index (χ0v) is 13.9. The van der Waals surface area contributed by atoms with Gasteiger partial charge in [-0.25, -0.2) is 13.4 Å². The Morgan fingerprint density at radius 2 is 2.04 bits per heavy atom. The minimum atomic E-state index is -3.28. The van der Waals surface area contributed by atoms with Crippen molar-refractivity contribution in [2.24, 2.45) is 0 Å². The summed E-state index contributed by atoms with van der Waals surface area (Å²) in [6, 6.07) is 1.27. The number of nitro groups is 1. The molecule has 1 N–H and O–H groups in total. The first-order chi connectivity index (χ1) is 10.8. The summed E-state index contributed by atoms with van der Waals surface area (Å²) in [5.41, 5.74) is 0.00249. The Balaban J connectivity index is 1.82. The van der Waals surface area contributed by atoms with Gasteiger partial charge >= 0.3 is 0 Å². The number of hydrogen-bond donors (Lipinski definition) is 1. The SMILES string of the molecule is CNc1c([N+](=O)[O-])ccnc1OCC1(S(=O)(=O)C2(C)CC2)CC1. The van der Waals surface area contributed by atoms with Gasteiger partial charge in [0.2, 0.25) is 5.88 Å². The summed E-state index contributed by atoms with van der Waals surface area (Å²) in [7, 11) is -1.74. The van der Waals surface area contributed by atoms with Gasteiger partial charge in [0.15, 0.2) is 15.5 Å². The molecule has 0 bridgehead atoms. The number of pyridine rings is 1. The van der Waals surface area contributed by atoms with Crippen LogP contribution in [0.4, 0.5) is 11.4 Å². The number of nitrogens with one attached hydrogen (secondary N) is 1. The van der Waals surface area contributed by atoms with E-state index in [1.807, 2.05) is 0 Å². The van der Waals surface area contributed by atoms with E-state index in [4.69, 9.17) is 4.74 Å². The van der Waals surface area contributed by atoms with Crippen LogP contribution in [0.25, 0.3) is 0 Å². The average Bonchev–Trinajstić information content (AvgIpc) is 3.41. The van der Waals surface area contributed by atoms with E-state index in [9.17, 15) is 18.5 Å². The maximum Gasteiger partial charge on any atom is 0.299 e. The minimum Gasteiger partial charge on any atom is -0.474 e. The monoisotopic (exact) mass is 341 g/mol. The molecule has 2 saturated carbocycles. The molecule has 2 aliphatic carbocycles. The van der Waals surface area contributed by atoms with E-state index in [-0.39, 0.29) is 23.9 Å². The zero-order valence-electron chi connectivity index (χ0n) is 13.0. The fourth-order valence-corrected chi connectivity index (χ4v) is 5.27. The van der Waals surface area contributed by atoms with Gasteiger partial charge in [-0.3, -0.25) is 10.1 Å². The van der Waals surface area contributed by atoms with Crippen LogP contribution >= 0.6 is 0 Å². The number of hydrogen-bond acceptors (Lipinski definition) is 7.